The summed E-state index contributed by atoms with van der Waals surface area (Å²) in [5, 5.41) is 3.13. The van der Waals surface area contributed by atoms with E-state index in [9.17, 15) is 18.0 Å². The smallest absolute Gasteiger partial charge is 0.384 e. The third kappa shape index (κ3) is 3.57. The molecule has 3 rings (SSSR count). The maximum absolute atomic E-state index is 13.1. The minimum Gasteiger partial charge on any atom is -0.384 e. The number of hydrogen-bond donors (Lipinski definition) is 1. The van der Waals surface area contributed by atoms with Crippen LogP contribution in [0.2, 0.25) is 0 Å². The molecule has 1 unspecified atom stereocenters. The lowest BCUT2D eigenvalue weighted by Crippen LogP contribution is -2.13. The van der Waals surface area contributed by atoms with Gasteiger partial charge in [-0.3, -0.25) is 4.79 Å². The number of nitrogens with one attached hydrogen (secondary N) is 1. The fraction of sp³-hybridized carbons (Fsp3) is 0.190. The molecular formula is C21H18F3NO. The van der Waals surface area contributed by atoms with Gasteiger partial charge >= 0.3 is 6.18 Å². The molecule has 2 nitrogen and oxygen atoms in total. The number of ketones is 1. The predicted molar refractivity (Wildman–Crippen MR) is 95.4 cm³/mol. The SMILES string of the molecule is C=CCNC1=C(c2cccc(C(F)(F)F)c2)C(=O)C(c2ccccc2)C1. The van der Waals surface area contributed by atoms with Crippen molar-refractivity contribution in [2.75, 3.05) is 6.54 Å². The van der Waals surface area contributed by atoms with Crippen LogP contribution in [-0.2, 0) is 11.0 Å². The maximum atomic E-state index is 13.1. The first-order chi connectivity index (χ1) is 12.4. The van der Waals surface area contributed by atoms with E-state index in [0.29, 0.717) is 24.2 Å². The number of hydrogen-bond acceptors (Lipinski definition) is 2. The molecule has 0 aliphatic heterocycles. The third-order valence-corrected chi connectivity index (χ3v) is 4.41. The average molecular weight is 357 g/mol. The van der Waals surface area contributed by atoms with Gasteiger partial charge in [-0.25, -0.2) is 0 Å². The van der Waals surface area contributed by atoms with Gasteiger partial charge in [0.2, 0.25) is 0 Å². The van der Waals surface area contributed by atoms with E-state index in [1.165, 1.54) is 6.07 Å². The molecule has 0 fully saturated rings. The topological polar surface area (TPSA) is 29.1 Å². The molecule has 0 spiro atoms. The van der Waals surface area contributed by atoms with E-state index in [2.05, 4.69) is 11.9 Å². The van der Waals surface area contributed by atoms with Crippen LogP contribution in [0.5, 0.6) is 0 Å². The van der Waals surface area contributed by atoms with Gasteiger partial charge in [-0.05, 0) is 23.3 Å². The van der Waals surface area contributed by atoms with E-state index >= 15 is 0 Å². The van der Waals surface area contributed by atoms with Crippen LogP contribution in [0.3, 0.4) is 0 Å². The molecule has 0 radical (unpaired) electrons. The summed E-state index contributed by atoms with van der Waals surface area (Å²) in [5.74, 6) is -0.560. The first kappa shape index (κ1) is 18.0. The maximum Gasteiger partial charge on any atom is 0.416 e. The van der Waals surface area contributed by atoms with Gasteiger partial charge in [-0.2, -0.15) is 13.2 Å². The largest absolute Gasteiger partial charge is 0.416 e. The standard InChI is InChI=1S/C21H18F3NO/c1-2-11-25-18-13-17(14-7-4-3-5-8-14)20(26)19(18)15-9-6-10-16(12-15)21(22,23)24/h2-10,12,17,25H,1,11,13H2. The highest BCUT2D eigenvalue weighted by molar-refractivity contribution is 6.26. The van der Waals surface area contributed by atoms with Gasteiger partial charge < -0.3 is 5.32 Å². The predicted octanol–water partition coefficient (Wildman–Crippen LogP) is 4.95. The zero-order chi connectivity index (χ0) is 18.7. The van der Waals surface area contributed by atoms with Gasteiger partial charge in [-0.15, -0.1) is 6.58 Å². The van der Waals surface area contributed by atoms with Crippen molar-refractivity contribution in [2.24, 2.45) is 0 Å². The minimum absolute atomic E-state index is 0.165. The summed E-state index contributed by atoms with van der Waals surface area (Å²) in [6, 6.07) is 14.2. The molecule has 0 aromatic heterocycles. The molecule has 1 atom stereocenters. The Morgan fingerprint density at radius 2 is 1.85 bits per heavy atom. The van der Waals surface area contributed by atoms with E-state index < -0.39 is 17.7 Å². The average Bonchev–Trinajstić information content (AvgIpc) is 2.96. The Morgan fingerprint density at radius 3 is 2.50 bits per heavy atom. The molecule has 0 saturated carbocycles. The summed E-state index contributed by atoms with van der Waals surface area (Å²) < 4.78 is 39.2. The highest BCUT2D eigenvalue weighted by Crippen LogP contribution is 2.40. The zero-order valence-electron chi connectivity index (χ0n) is 14.0. The lowest BCUT2D eigenvalue weighted by atomic mass is 9.92. The van der Waals surface area contributed by atoms with Crippen molar-refractivity contribution >= 4 is 11.4 Å². The van der Waals surface area contributed by atoms with Crippen LogP contribution < -0.4 is 5.32 Å². The minimum atomic E-state index is -4.45. The number of allylic oxidation sites excluding steroid dienone is 2. The number of alkyl halides is 3. The quantitative estimate of drug-likeness (QED) is 0.767. The highest BCUT2D eigenvalue weighted by Gasteiger charge is 2.36. The molecule has 2 aromatic carbocycles. The number of carbonyl (C=O) groups is 1. The lowest BCUT2D eigenvalue weighted by molar-refractivity contribution is -0.137. The number of halogens is 3. The molecule has 2 aromatic rings. The fourth-order valence-electron chi connectivity index (χ4n) is 3.20. The Bertz CT molecular complexity index is 853. The Balaban J connectivity index is 2.03. The molecule has 134 valence electrons. The van der Waals surface area contributed by atoms with Gasteiger partial charge in [0.25, 0.3) is 0 Å². The number of benzene rings is 2. The van der Waals surface area contributed by atoms with Gasteiger partial charge in [0.1, 0.15) is 0 Å². The number of rotatable bonds is 5. The van der Waals surface area contributed by atoms with Crippen molar-refractivity contribution in [3.8, 4) is 0 Å². The van der Waals surface area contributed by atoms with Crippen LogP contribution in [0.1, 0.15) is 29.0 Å². The number of carbonyl (C=O) groups excluding carboxylic acids is 1. The molecule has 0 saturated heterocycles. The molecule has 0 bridgehead atoms. The van der Waals surface area contributed by atoms with Crippen LogP contribution in [-0.4, -0.2) is 12.3 Å². The normalized spacial score (nSPS) is 17.5. The molecule has 1 aliphatic carbocycles. The van der Waals surface area contributed by atoms with Crippen molar-refractivity contribution in [3.05, 3.63) is 89.6 Å². The van der Waals surface area contributed by atoms with Crippen LogP contribution in [0.4, 0.5) is 13.2 Å². The molecule has 0 amide bonds. The van der Waals surface area contributed by atoms with E-state index in [0.717, 1.165) is 17.7 Å². The molecular weight excluding hydrogens is 339 g/mol. The molecule has 1 aliphatic rings. The van der Waals surface area contributed by atoms with Gasteiger partial charge in [0, 0.05) is 24.2 Å². The Hall–Kier alpha value is -2.82. The summed E-state index contributed by atoms with van der Waals surface area (Å²) in [4.78, 5) is 13.0. The summed E-state index contributed by atoms with van der Waals surface area (Å²) in [6.07, 6.45) is -2.37. The zero-order valence-corrected chi connectivity index (χ0v) is 14.0. The first-order valence-corrected chi connectivity index (χ1v) is 8.26. The van der Waals surface area contributed by atoms with Crippen LogP contribution in [0, 0.1) is 0 Å². The van der Waals surface area contributed by atoms with Gasteiger partial charge in [-0.1, -0.05) is 48.5 Å². The van der Waals surface area contributed by atoms with Crippen LogP contribution in [0.25, 0.3) is 5.57 Å². The van der Waals surface area contributed by atoms with E-state index in [4.69, 9.17) is 0 Å². The van der Waals surface area contributed by atoms with E-state index in [-0.39, 0.29) is 11.3 Å². The Morgan fingerprint density at radius 1 is 1.12 bits per heavy atom. The highest BCUT2D eigenvalue weighted by atomic mass is 19.4. The van der Waals surface area contributed by atoms with E-state index in [1.54, 1.807) is 12.1 Å². The van der Waals surface area contributed by atoms with E-state index in [1.807, 2.05) is 30.3 Å². The lowest BCUT2D eigenvalue weighted by Gasteiger charge is -2.11. The second-order valence-electron chi connectivity index (χ2n) is 6.13. The summed E-state index contributed by atoms with van der Waals surface area (Å²) >= 11 is 0. The molecule has 0 heterocycles. The summed E-state index contributed by atoms with van der Waals surface area (Å²) in [7, 11) is 0. The first-order valence-electron chi connectivity index (χ1n) is 8.26. The second kappa shape index (κ2) is 7.20. The van der Waals surface area contributed by atoms with Crippen molar-refractivity contribution in [1.82, 2.24) is 5.32 Å². The third-order valence-electron chi connectivity index (χ3n) is 4.41. The summed E-state index contributed by atoms with van der Waals surface area (Å²) in [5.41, 5.74) is 1.36. The van der Waals surface area contributed by atoms with Gasteiger partial charge in [0.05, 0.1) is 11.5 Å². The van der Waals surface area contributed by atoms with Crippen molar-refractivity contribution < 1.29 is 18.0 Å². The van der Waals surface area contributed by atoms with Crippen molar-refractivity contribution in [2.45, 2.75) is 18.5 Å². The summed E-state index contributed by atoms with van der Waals surface area (Å²) in [6.45, 7) is 4.08. The molecule has 1 N–H and O–H groups in total. The van der Waals surface area contributed by atoms with Crippen molar-refractivity contribution in [3.63, 3.8) is 0 Å². The monoisotopic (exact) mass is 357 g/mol. The molecule has 26 heavy (non-hydrogen) atoms. The Kier molecular flexibility index (Phi) is 4.98. The van der Waals surface area contributed by atoms with Gasteiger partial charge in [0.15, 0.2) is 5.78 Å². The van der Waals surface area contributed by atoms with Crippen LogP contribution in [0.15, 0.2) is 72.9 Å². The fourth-order valence-corrected chi connectivity index (χ4v) is 3.20. The Labute approximate surface area is 150 Å². The van der Waals surface area contributed by atoms with Crippen LogP contribution >= 0.6 is 0 Å². The molecule has 5 heteroatoms. The number of Topliss-reactive ketones (excluding diaryl/α,β-unsaturated/α-hetero) is 1. The van der Waals surface area contributed by atoms with Crippen molar-refractivity contribution in [1.29, 1.82) is 0 Å². The second-order valence-corrected chi connectivity index (χ2v) is 6.13.